The molecule has 20 heavy (non-hydrogen) atoms. The third-order valence-electron chi connectivity index (χ3n) is 4.28. The van der Waals surface area contributed by atoms with Gasteiger partial charge in [-0.25, -0.2) is 4.39 Å². The van der Waals surface area contributed by atoms with Gasteiger partial charge in [-0.15, -0.1) is 0 Å². The van der Waals surface area contributed by atoms with Crippen LogP contribution in [0.1, 0.15) is 43.7 Å². The fourth-order valence-corrected chi connectivity index (χ4v) is 2.99. The molecule has 1 aromatic rings. The Hall–Kier alpha value is -1.64. The van der Waals surface area contributed by atoms with Crippen LogP contribution in [0.4, 0.5) is 4.39 Å². The van der Waals surface area contributed by atoms with Gasteiger partial charge in [-0.3, -0.25) is 4.79 Å². The molecule has 0 aromatic heterocycles. The van der Waals surface area contributed by atoms with Crippen molar-refractivity contribution in [1.82, 2.24) is 4.90 Å². The molecule has 1 saturated heterocycles. The average molecular weight is 273 g/mol. The van der Waals surface area contributed by atoms with Crippen molar-refractivity contribution in [2.24, 2.45) is 5.92 Å². The Morgan fingerprint density at radius 3 is 2.70 bits per heavy atom. The number of hydrogen-bond acceptors (Lipinski definition) is 2. The van der Waals surface area contributed by atoms with Gasteiger partial charge >= 0.3 is 0 Å². The maximum absolute atomic E-state index is 14.2. The van der Waals surface area contributed by atoms with Crippen LogP contribution in [0.25, 0.3) is 0 Å². The molecule has 0 N–H and O–H groups in total. The summed E-state index contributed by atoms with van der Waals surface area (Å²) in [5.41, 5.74) is 1.48. The Morgan fingerprint density at radius 1 is 1.30 bits per heavy atom. The number of nitrogens with zero attached hydrogens (tertiary/aromatic N) is 1. The van der Waals surface area contributed by atoms with E-state index in [0.29, 0.717) is 5.56 Å². The predicted octanol–water partition coefficient (Wildman–Crippen LogP) is 3.85. The molecule has 1 heterocycles. The average Bonchev–Trinajstić information content (AvgIpc) is 3.27. The molecular weight excluding hydrogens is 253 g/mol. The molecule has 0 spiro atoms. The molecule has 2 nitrogen and oxygen atoms in total. The maximum atomic E-state index is 14.2. The van der Waals surface area contributed by atoms with E-state index in [1.165, 1.54) is 6.07 Å². The number of benzene rings is 1. The van der Waals surface area contributed by atoms with Crippen LogP contribution < -0.4 is 0 Å². The lowest BCUT2D eigenvalue weighted by molar-refractivity contribution is -0.125. The summed E-state index contributed by atoms with van der Waals surface area (Å²) < 4.78 is 14.2. The second-order valence-corrected chi connectivity index (χ2v) is 5.82. The third kappa shape index (κ3) is 2.49. The summed E-state index contributed by atoms with van der Waals surface area (Å²) in [6.45, 7) is 4.89. The normalized spacial score (nSPS) is 20.9. The molecule has 1 saturated carbocycles. The largest absolute Gasteiger partial charge is 0.361 e. The summed E-state index contributed by atoms with van der Waals surface area (Å²) in [6.07, 6.45) is 4.95. The van der Waals surface area contributed by atoms with E-state index in [4.69, 9.17) is 0 Å². The van der Waals surface area contributed by atoms with Crippen LogP contribution in [0.2, 0.25) is 0 Å². The number of halogens is 1. The number of piperidine rings is 1. The number of likely N-dealkylation sites (tertiary alicyclic amines) is 1. The third-order valence-corrected chi connectivity index (χ3v) is 4.28. The number of ketones is 1. The molecular formula is C17H20FNO. The van der Waals surface area contributed by atoms with Crippen molar-refractivity contribution < 1.29 is 9.18 Å². The van der Waals surface area contributed by atoms with Gasteiger partial charge in [0.25, 0.3) is 0 Å². The first kappa shape index (κ1) is 13.3. The number of Topliss-reactive ketones (excluding diaryl/α,β-unsaturated/α-hetero) is 1. The molecule has 3 heteroatoms. The molecule has 106 valence electrons. The van der Waals surface area contributed by atoms with E-state index in [2.05, 4.69) is 6.58 Å². The van der Waals surface area contributed by atoms with Crippen LogP contribution in [0.15, 0.2) is 36.5 Å². The van der Waals surface area contributed by atoms with Crippen LogP contribution in [0.3, 0.4) is 0 Å². The predicted molar refractivity (Wildman–Crippen MR) is 76.6 cm³/mol. The van der Waals surface area contributed by atoms with E-state index in [1.54, 1.807) is 18.2 Å². The first-order chi connectivity index (χ1) is 9.68. The zero-order valence-corrected chi connectivity index (χ0v) is 11.6. The molecule has 0 bridgehead atoms. The SMILES string of the molecule is C=C1CCCCN1C(C(=O)C1CC1)c1ccccc1F. The van der Waals surface area contributed by atoms with Crippen LogP contribution in [0.5, 0.6) is 0 Å². The van der Waals surface area contributed by atoms with Crippen molar-refractivity contribution in [2.75, 3.05) is 6.54 Å². The van der Waals surface area contributed by atoms with Gasteiger partial charge in [0.1, 0.15) is 11.9 Å². The minimum Gasteiger partial charge on any atom is -0.361 e. The van der Waals surface area contributed by atoms with E-state index in [0.717, 1.165) is 44.3 Å². The van der Waals surface area contributed by atoms with Gasteiger partial charge in [0.2, 0.25) is 0 Å². The first-order valence-electron chi connectivity index (χ1n) is 7.41. The molecule has 1 aromatic carbocycles. The molecule has 2 fully saturated rings. The van der Waals surface area contributed by atoms with E-state index in [-0.39, 0.29) is 17.5 Å². The van der Waals surface area contributed by atoms with Crippen molar-refractivity contribution in [3.05, 3.63) is 47.9 Å². The van der Waals surface area contributed by atoms with Crippen LogP contribution in [-0.2, 0) is 4.79 Å². The Balaban J connectivity index is 1.97. The molecule has 3 rings (SSSR count). The molecule has 0 radical (unpaired) electrons. The lowest BCUT2D eigenvalue weighted by atomic mass is 9.94. The zero-order valence-electron chi connectivity index (χ0n) is 11.6. The van der Waals surface area contributed by atoms with Gasteiger partial charge in [0, 0.05) is 23.7 Å². The van der Waals surface area contributed by atoms with Gasteiger partial charge in [-0.05, 0) is 38.2 Å². The summed E-state index contributed by atoms with van der Waals surface area (Å²) in [7, 11) is 0. The van der Waals surface area contributed by atoms with E-state index in [9.17, 15) is 9.18 Å². The highest BCUT2D eigenvalue weighted by atomic mass is 19.1. The topological polar surface area (TPSA) is 20.3 Å². The lowest BCUT2D eigenvalue weighted by Crippen LogP contribution is -2.37. The number of rotatable bonds is 4. The highest BCUT2D eigenvalue weighted by molar-refractivity contribution is 5.89. The van der Waals surface area contributed by atoms with Gasteiger partial charge < -0.3 is 4.90 Å². The van der Waals surface area contributed by atoms with Crippen LogP contribution >= 0.6 is 0 Å². The van der Waals surface area contributed by atoms with Gasteiger partial charge in [-0.1, -0.05) is 24.8 Å². The Kier molecular flexibility index (Phi) is 3.60. The van der Waals surface area contributed by atoms with Crippen molar-refractivity contribution in [2.45, 2.75) is 38.1 Å². The number of allylic oxidation sites excluding steroid dienone is 1. The highest BCUT2D eigenvalue weighted by Gasteiger charge is 2.40. The fraction of sp³-hybridized carbons (Fsp3) is 0.471. The number of carbonyl (C=O) groups excluding carboxylic acids is 1. The molecule has 2 aliphatic rings. The number of hydrogen-bond donors (Lipinski definition) is 0. The Labute approximate surface area is 119 Å². The molecule has 1 unspecified atom stereocenters. The zero-order chi connectivity index (χ0) is 14.1. The van der Waals surface area contributed by atoms with Crippen molar-refractivity contribution in [3.8, 4) is 0 Å². The number of carbonyl (C=O) groups is 1. The fourth-order valence-electron chi connectivity index (χ4n) is 2.99. The molecule has 1 aliphatic heterocycles. The second-order valence-electron chi connectivity index (χ2n) is 5.82. The summed E-state index contributed by atoms with van der Waals surface area (Å²) >= 11 is 0. The summed E-state index contributed by atoms with van der Waals surface area (Å²) in [5, 5.41) is 0. The minimum atomic E-state index is -0.475. The maximum Gasteiger partial charge on any atom is 0.162 e. The van der Waals surface area contributed by atoms with Crippen molar-refractivity contribution in [3.63, 3.8) is 0 Å². The smallest absolute Gasteiger partial charge is 0.162 e. The quantitative estimate of drug-likeness (QED) is 0.830. The van der Waals surface area contributed by atoms with Crippen LogP contribution in [-0.4, -0.2) is 17.2 Å². The Morgan fingerprint density at radius 2 is 2.05 bits per heavy atom. The lowest BCUT2D eigenvalue weighted by Gasteiger charge is -2.37. The summed E-state index contributed by atoms with van der Waals surface area (Å²) in [5.74, 6) is -0.00245. The van der Waals surface area contributed by atoms with Gasteiger partial charge in [0.15, 0.2) is 5.78 Å². The second kappa shape index (κ2) is 5.39. The molecule has 1 aliphatic carbocycles. The van der Waals surface area contributed by atoms with Crippen molar-refractivity contribution >= 4 is 5.78 Å². The summed E-state index contributed by atoms with van der Waals surface area (Å²) in [6, 6.07) is 6.18. The van der Waals surface area contributed by atoms with Gasteiger partial charge in [-0.2, -0.15) is 0 Å². The van der Waals surface area contributed by atoms with Crippen LogP contribution in [0, 0.1) is 11.7 Å². The van der Waals surface area contributed by atoms with Gasteiger partial charge in [0.05, 0.1) is 0 Å². The standard InChI is InChI=1S/C17H20FNO/c1-12-6-4-5-11-19(12)16(17(20)13-9-10-13)14-7-2-3-8-15(14)18/h2-3,7-8,13,16H,1,4-6,9-11H2. The molecule has 0 amide bonds. The monoisotopic (exact) mass is 273 g/mol. The van der Waals surface area contributed by atoms with E-state index >= 15 is 0 Å². The van der Waals surface area contributed by atoms with Crippen molar-refractivity contribution in [1.29, 1.82) is 0 Å². The van der Waals surface area contributed by atoms with E-state index in [1.807, 2.05) is 4.90 Å². The minimum absolute atomic E-state index is 0.120. The Bertz CT molecular complexity index is 536. The first-order valence-corrected chi connectivity index (χ1v) is 7.41. The van der Waals surface area contributed by atoms with E-state index < -0.39 is 6.04 Å². The highest BCUT2D eigenvalue weighted by Crippen LogP contribution is 2.40. The molecule has 1 atom stereocenters. The summed E-state index contributed by atoms with van der Waals surface area (Å²) in [4.78, 5) is 14.7.